The highest BCUT2D eigenvalue weighted by atomic mass is 16.5. The molecule has 1 N–H and O–H groups in total. The quantitative estimate of drug-likeness (QED) is 0.120. The zero-order valence-corrected chi connectivity index (χ0v) is 21.0. The van der Waals surface area contributed by atoms with Crippen LogP contribution in [0.5, 0.6) is 11.5 Å². The van der Waals surface area contributed by atoms with Gasteiger partial charge in [0, 0.05) is 5.56 Å². The molecule has 188 valence electrons. The first-order chi connectivity index (χ1) is 18.5. The van der Waals surface area contributed by atoms with Crippen LogP contribution in [0, 0.1) is 6.92 Å². The number of rotatable bonds is 7. The fourth-order valence-corrected chi connectivity index (χ4v) is 4.10. The maximum Gasteiger partial charge on any atom is 0.343 e. The molecule has 0 fully saturated rings. The first-order valence-corrected chi connectivity index (χ1v) is 12.3. The average molecular weight is 503 g/mol. The summed E-state index contributed by atoms with van der Waals surface area (Å²) in [5.74, 6) is 0.0478. The third-order valence-electron chi connectivity index (χ3n) is 6.19. The van der Waals surface area contributed by atoms with E-state index >= 15 is 0 Å². The second-order valence-electron chi connectivity index (χ2n) is 8.96. The molecule has 0 aliphatic heterocycles. The topological polar surface area (TPSA) is 77.0 Å². The molecule has 1 amide bonds. The van der Waals surface area contributed by atoms with Crippen LogP contribution in [-0.2, 0) is 4.79 Å². The van der Waals surface area contributed by atoms with Crippen molar-refractivity contribution in [3.63, 3.8) is 0 Å². The number of benzene rings is 5. The Hall–Kier alpha value is -4.97. The number of hydrazone groups is 1. The van der Waals surface area contributed by atoms with E-state index in [9.17, 15) is 9.59 Å². The van der Waals surface area contributed by atoms with E-state index in [-0.39, 0.29) is 0 Å². The van der Waals surface area contributed by atoms with Gasteiger partial charge in [0.2, 0.25) is 0 Å². The second kappa shape index (κ2) is 11.0. The molecule has 0 saturated heterocycles. The largest absolute Gasteiger partial charge is 0.481 e. The van der Waals surface area contributed by atoms with E-state index in [2.05, 4.69) is 10.5 Å². The molecule has 6 heteroatoms. The number of fused-ring (bicyclic) bond motifs is 2. The molecule has 0 saturated carbocycles. The Morgan fingerprint density at radius 2 is 1.50 bits per heavy atom. The van der Waals surface area contributed by atoms with E-state index in [1.165, 1.54) is 6.21 Å². The SMILES string of the molecule is Cc1ccc(C(=O)Oc2ccc3ccccc3c2C=NNC(=O)C(C)Oc2ccc3ccccc3c2)cc1. The number of aryl methyl sites for hydroxylation is 1. The van der Waals surface area contributed by atoms with Gasteiger partial charge in [0.25, 0.3) is 5.91 Å². The van der Waals surface area contributed by atoms with Crippen molar-refractivity contribution < 1.29 is 19.1 Å². The summed E-state index contributed by atoms with van der Waals surface area (Å²) in [6, 6.07) is 32.1. The molecule has 0 aliphatic carbocycles. The highest BCUT2D eigenvalue weighted by molar-refractivity contribution is 6.04. The minimum Gasteiger partial charge on any atom is -0.481 e. The molecule has 0 aliphatic rings. The van der Waals surface area contributed by atoms with Crippen LogP contribution < -0.4 is 14.9 Å². The van der Waals surface area contributed by atoms with Crippen molar-refractivity contribution in [2.45, 2.75) is 20.0 Å². The number of carbonyl (C=O) groups is 2. The van der Waals surface area contributed by atoms with Gasteiger partial charge in [-0.05, 0) is 65.7 Å². The van der Waals surface area contributed by atoms with Gasteiger partial charge in [-0.2, -0.15) is 5.10 Å². The molecule has 1 atom stereocenters. The van der Waals surface area contributed by atoms with Gasteiger partial charge in [-0.25, -0.2) is 10.2 Å². The number of nitrogens with zero attached hydrogens (tertiary/aromatic N) is 1. The predicted molar refractivity (Wildman–Crippen MR) is 150 cm³/mol. The van der Waals surface area contributed by atoms with Gasteiger partial charge in [-0.15, -0.1) is 0 Å². The first-order valence-electron chi connectivity index (χ1n) is 12.3. The average Bonchev–Trinajstić information content (AvgIpc) is 2.94. The standard InChI is InChI=1S/C32H26N2O4/c1-21-11-13-25(14-12-21)32(36)38-30-18-16-24-8-5-6-10-28(24)29(30)20-33-34-31(35)22(2)37-27-17-15-23-7-3-4-9-26(23)19-27/h3-20,22H,1-2H3,(H,34,35). The van der Waals surface area contributed by atoms with Crippen LogP contribution in [0.15, 0.2) is 108 Å². The number of nitrogens with one attached hydrogen (secondary N) is 1. The van der Waals surface area contributed by atoms with E-state index in [0.717, 1.165) is 27.1 Å². The molecule has 0 bridgehead atoms. The number of ether oxygens (including phenoxy) is 2. The van der Waals surface area contributed by atoms with E-state index in [1.54, 1.807) is 25.1 Å². The van der Waals surface area contributed by atoms with Gasteiger partial charge < -0.3 is 9.47 Å². The molecule has 5 aromatic carbocycles. The lowest BCUT2D eigenvalue weighted by atomic mass is 10.0. The van der Waals surface area contributed by atoms with Crippen LogP contribution in [0.4, 0.5) is 0 Å². The number of hydrogen-bond acceptors (Lipinski definition) is 5. The minimum absolute atomic E-state index is 0.340. The number of esters is 1. The Morgan fingerprint density at radius 1 is 0.816 bits per heavy atom. The molecule has 1 unspecified atom stereocenters. The Bertz CT molecular complexity index is 1660. The van der Waals surface area contributed by atoms with Crippen LogP contribution >= 0.6 is 0 Å². The zero-order chi connectivity index (χ0) is 26.5. The molecule has 5 aromatic rings. The third kappa shape index (κ3) is 5.55. The Kier molecular flexibility index (Phi) is 7.13. The molecule has 0 aromatic heterocycles. The highest BCUT2D eigenvalue weighted by Crippen LogP contribution is 2.27. The van der Waals surface area contributed by atoms with E-state index in [1.807, 2.05) is 91.9 Å². The van der Waals surface area contributed by atoms with E-state index in [4.69, 9.17) is 9.47 Å². The summed E-state index contributed by atoms with van der Waals surface area (Å²) in [4.78, 5) is 25.5. The van der Waals surface area contributed by atoms with Gasteiger partial charge in [0.05, 0.1) is 11.8 Å². The van der Waals surface area contributed by atoms with Gasteiger partial charge >= 0.3 is 5.97 Å². The summed E-state index contributed by atoms with van der Waals surface area (Å²) in [6.45, 7) is 3.61. The van der Waals surface area contributed by atoms with Crippen molar-refractivity contribution >= 4 is 39.6 Å². The summed E-state index contributed by atoms with van der Waals surface area (Å²) in [5, 5.41) is 8.06. The summed E-state index contributed by atoms with van der Waals surface area (Å²) in [6.07, 6.45) is 0.709. The lowest BCUT2D eigenvalue weighted by molar-refractivity contribution is -0.127. The van der Waals surface area contributed by atoms with Crippen molar-refractivity contribution in [2.75, 3.05) is 0 Å². The van der Waals surface area contributed by atoms with Gasteiger partial charge in [-0.3, -0.25) is 4.79 Å². The summed E-state index contributed by atoms with van der Waals surface area (Å²) in [7, 11) is 0. The summed E-state index contributed by atoms with van der Waals surface area (Å²) in [5.41, 5.74) is 4.61. The number of hydrogen-bond donors (Lipinski definition) is 1. The first kappa shape index (κ1) is 24.7. The Labute approximate surface area is 220 Å². The maximum atomic E-state index is 12.8. The lowest BCUT2D eigenvalue weighted by Crippen LogP contribution is -2.33. The van der Waals surface area contributed by atoms with Crippen molar-refractivity contribution in [1.82, 2.24) is 5.43 Å². The van der Waals surface area contributed by atoms with Crippen LogP contribution in [-0.4, -0.2) is 24.2 Å². The fraction of sp³-hybridized carbons (Fsp3) is 0.0938. The van der Waals surface area contributed by atoms with Gasteiger partial charge in [-0.1, -0.05) is 78.4 Å². The molecule has 38 heavy (non-hydrogen) atoms. The van der Waals surface area contributed by atoms with E-state index in [0.29, 0.717) is 22.6 Å². The Balaban J connectivity index is 1.32. The van der Waals surface area contributed by atoms with Crippen molar-refractivity contribution in [2.24, 2.45) is 5.10 Å². The molecule has 6 nitrogen and oxygen atoms in total. The van der Waals surface area contributed by atoms with Crippen molar-refractivity contribution in [3.05, 3.63) is 120 Å². The molecular weight excluding hydrogens is 476 g/mol. The zero-order valence-electron chi connectivity index (χ0n) is 21.0. The summed E-state index contributed by atoms with van der Waals surface area (Å²) < 4.78 is 11.6. The lowest BCUT2D eigenvalue weighted by Gasteiger charge is -2.14. The second-order valence-corrected chi connectivity index (χ2v) is 8.96. The fourth-order valence-electron chi connectivity index (χ4n) is 4.10. The Morgan fingerprint density at radius 3 is 2.29 bits per heavy atom. The maximum absolute atomic E-state index is 12.8. The molecular formula is C32H26N2O4. The van der Waals surface area contributed by atoms with Gasteiger partial charge in [0.1, 0.15) is 11.5 Å². The highest BCUT2D eigenvalue weighted by Gasteiger charge is 2.16. The van der Waals surface area contributed by atoms with Crippen molar-refractivity contribution in [3.8, 4) is 11.5 Å². The van der Waals surface area contributed by atoms with Crippen molar-refractivity contribution in [1.29, 1.82) is 0 Å². The molecule has 0 spiro atoms. The summed E-state index contributed by atoms with van der Waals surface area (Å²) >= 11 is 0. The molecule has 5 rings (SSSR count). The van der Waals surface area contributed by atoms with Crippen LogP contribution in [0.25, 0.3) is 21.5 Å². The number of carbonyl (C=O) groups excluding carboxylic acids is 2. The van der Waals surface area contributed by atoms with Crippen LogP contribution in [0.3, 0.4) is 0 Å². The number of amides is 1. The minimum atomic E-state index is -0.778. The third-order valence-corrected chi connectivity index (χ3v) is 6.19. The monoisotopic (exact) mass is 502 g/mol. The van der Waals surface area contributed by atoms with Crippen LogP contribution in [0.2, 0.25) is 0 Å². The smallest absolute Gasteiger partial charge is 0.343 e. The normalized spacial score (nSPS) is 11.9. The van der Waals surface area contributed by atoms with Crippen LogP contribution in [0.1, 0.15) is 28.4 Å². The van der Waals surface area contributed by atoms with Gasteiger partial charge in [0.15, 0.2) is 6.10 Å². The van der Waals surface area contributed by atoms with E-state index < -0.39 is 18.0 Å². The molecule has 0 radical (unpaired) electrons. The predicted octanol–water partition coefficient (Wildman–Crippen LogP) is 6.44. The molecule has 0 heterocycles.